The van der Waals surface area contributed by atoms with E-state index < -0.39 is 6.04 Å². The third-order valence-corrected chi connectivity index (χ3v) is 6.27. The third kappa shape index (κ3) is 7.77. The Hall–Kier alpha value is -2.54. The van der Waals surface area contributed by atoms with Crippen molar-refractivity contribution in [2.45, 2.75) is 65.6 Å². The van der Waals surface area contributed by atoms with Crippen LogP contribution in [0.4, 0.5) is 0 Å². The normalized spacial score (nSPS) is 12.7. The van der Waals surface area contributed by atoms with Gasteiger partial charge in [-0.05, 0) is 77.5 Å². The highest BCUT2D eigenvalue weighted by Gasteiger charge is 2.27. The van der Waals surface area contributed by atoms with E-state index in [0.717, 1.165) is 22.2 Å². The number of ether oxygens (including phenoxy) is 2. The molecule has 2 atom stereocenters. The highest BCUT2D eigenvalue weighted by atomic mass is 79.9. The van der Waals surface area contributed by atoms with Crippen molar-refractivity contribution < 1.29 is 19.1 Å². The maximum absolute atomic E-state index is 13.2. The maximum atomic E-state index is 13.2. The number of nitrogens with one attached hydrogen (secondary N) is 1. The minimum atomic E-state index is -0.649. The van der Waals surface area contributed by atoms with Gasteiger partial charge < -0.3 is 19.7 Å². The van der Waals surface area contributed by atoms with Gasteiger partial charge in [0.15, 0.2) is 6.61 Å². The van der Waals surface area contributed by atoms with E-state index in [1.165, 1.54) is 5.56 Å². The highest BCUT2D eigenvalue weighted by molar-refractivity contribution is 9.10. The van der Waals surface area contributed by atoms with Gasteiger partial charge >= 0.3 is 0 Å². The van der Waals surface area contributed by atoms with Crippen molar-refractivity contribution >= 4 is 27.7 Å². The van der Waals surface area contributed by atoms with Crippen LogP contribution in [-0.2, 0) is 16.1 Å². The topological polar surface area (TPSA) is 67.9 Å². The average molecular weight is 519 g/mol. The fraction of sp³-hybridized carbons (Fsp3) is 0.462. The van der Waals surface area contributed by atoms with Crippen LogP contribution in [0, 0.1) is 0 Å². The van der Waals surface area contributed by atoms with E-state index in [0.29, 0.717) is 11.7 Å². The highest BCUT2D eigenvalue weighted by Crippen LogP contribution is 2.29. The van der Waals surface area contributed by atoms with E-state index in [4.69, 9.17) is 9.47 Å². The Morgan fingerprint density at radius 2 is 1.73 bits per heavy atom. The molecule has 2 amide bonds. The van der Waals surface area contributed by atoms with Crippen molar-refractivity contribution in [3.63, 3.8) is 0 Å². The lowest BCUT2D eigenvalue weighted by atomic mass is 10.0. The second kappa shape index (κ2) is 12.6. The van der Waals surface area contributed by atoms with Crippen molar-refractivity contribution in [2.24, 2.45) is 0 Å². The van der Waals surface area contributed by atoms with Crippen LogP contribution >= 0.6 is 15.9 Å². The van der Waals surface area contributed by atoms with E-state index in [2.05, 4.69) is 35.1 Å². The van der Waals surface area contributed by atoms with Gasteiger partial charge in [-0.3, -0.25) is 9.59 Å². The van der Waals surface area contributed by atoms with Crippen LogP contribution in [0.5, 0.6) is 11.5 Å². The average Bonchev–Trinajstić information content (AvgIpc) is 2.81. The molecule has 0 fully saturated rings. The summed E-state index contributed by atoms with van der Waals surface area (Å²) in [4.78, 5) is 27.6. The van der Waals surface area contributed by atoms with Crippen molar-refractivity contribution in [2.75, 3.05) is 13.7 Å². The fourth-order valence-electron chi connectivity index (χ4n) is 3.19. The quantitative estimate of drug-likeness (QED) is 0.438. The molecule has 7 heteroatoms. The zero-order valence-corrected chi connectivity index (χ0v) is 21.9. The Balaban J connectivity index is 2.18. The molecule has 0 spiro atoms. The summed E-state index contributed by atoms with van der Waals surface area (Å²) in [6, 6.07) is 12.7. The molecule has 0 unspecified atom stereocenters. The first-order chi connectivity index (χ1) is 15.7. The van der Waals surface area contributed by atoms with Gasteiger partial charge in [-0.25, -0.2) is 0 Å². The van der Waals surface area contributed by atoms with Crippen LogP contribution in [0.15, 0.2) is 46.9 Å². The maximum Gasteiger partial charge on any atom is 0.261 e. The summed E-state index contributed by atoms with van der Waals surface area (Å²) in [6.45, 7) is 10.1. The minimum absolute atomic E-state index is 0.0320. The number of rotatable bonds is 11. The largest absolute Gasteiger partial charge is 0.497 e. The summed E-state index contributed by atoms with van der Waals surface area (Å²) < 4.78 is 11.8. The molecule has 6 nitrogen and oxygen atoms in total. The molecule has 2 aromatic rings. The number of hydrogen-bond acceptors (Lipinski definition) is 4. The number of hydrogen-bond donors (Lipinski definition) is 1. The van der Waals surface area contributed by atoms with Crippen molar-refractivity contribution in [1.82, 2.24) is 10.2 Å². The van der Waals surface area contributed by atoms with Gasteiger partial charge in [-0.2, -0.15) is 0 Å². The number of benzene rings is 2. The lowest BCUT2D eigenvalue weighted by molar-refractivity contribution is -0.142. The Bertz CT molecular complexity index is 930. The predicted octanol–water partition coefficient (Wildman–Crippen LogP) is 5.29. The summed E-state index contributed by atoms with van der Waals surface area (Å²) in [5.74, 6) is 1.26. The van der Waals surface area contributed by atoms with E-state index >= 15 is 0 Å². The summed E-state index contributed by atoms with van der Waals surface area (Å²) in [6.07, 6.45) is 0.814. The summed E-state index contributed by atoms with van der Waals surface area (Å²) in [5, 5.41) is 2.97. The van der Waals surface area contributed by atoms with Crippen molar-refractivity contribution in [1.29, 1.82) is 0 Å². The molecular formula is C26H35BrN2O4. The Labute approximate surface area is 205 Å². The number of halogens is 1. The molecule has 0 saturated heterocycles. The van der Waals surface area contributed by atoms with Crippen LogP contribution in [0.3, 0.4) is 0 Å². The number of carbonyl (C=O) groups excluding carboxylic acids is 2. The first-order valence-corrected chi connectivity index (χ1v) is 12.1. The zero-order valence-electron chi connectivity index (χ0n) is 20.4. The summed E-state index contributed by atoms with van der Waals surface area (Å²) >= 11 is 3.53. The van der Waals surface area contributed by atoms with Gasteiger partial charge in [0.1, 0.15) is 17.5 Å². The van der Waals surface area contributed by atoms with Gasteiger partial charge in [-0.15, -0.1) is 0 Å². The van der Waals surface area contributed by atoms with Crippen LogP contribution in [0.25, 0.3) is 0 Å². The van der Waals surface area contributed by atoms with Gasteiger partial charge in [0.2, 0.25) is 5.91 Å². The van der Waals surface area contributed by atoms with Crippen molar-refractivity contribution in [3.8, 4) is 11.5 Å². The van der Waals surface area contributed by atoms with Gasteiger partial charge in [0.05, 0.1) is 11.6 Å². The lowest BCUT2D eigenvalue weighted by Crippen LogP contribution is -2.50. The molecule has 0 saturated carbocycles. The summed E-state index contributed by atoms with van der Waals surface area (Å²) in [5.41, 5.74) is 2.08. The van der Waals surface area contributed by atoms with Crippen LogP contribution in [-0.4, -0.2) is 42.5 Å². The predicted molar refractivity (Wildman–Crippen MR) is 135 cm³/mol. The Morgan fingerprint density at radius 3 is 2.27 bits per heavy atom. The van der Waals surface area contributed by atoms with E-state index in [9.17, 15) is 9.59 Å². The van der Waals surface area contributed by atoms with Crippen LogP contribution < -0.4 is 14.8 Å². The SMILES string of the molecule is CC[C@H](C)NC(=O)[C@H](C)N(Cc1ccc(OC)cc1)C(=O)COc1ccc(C(C)C)cc1Br. The van der Waals surface area contributed by atoms with Gasteiger partial charge in [0.25, 0.3) is 5.91 Å². The molecule has 0 aliphatic heterocycles. The van der Waals surface area contributed by atoms with Crippen LogP contribution in [0.1, 0.15) is 58.1 Å². The number of nitrogens with zero attached hydrogens (tertiary/aromatic N) is 1. The van der Waals surface area contributed by atoms with Crippen LogP contribution in [0.2, 0.25) is 0 Å². The number of amides is 2. The molecule has 0 aliphatic carbocycles. The Morgan fingerprint density at radius 1 is 1.06 bits per heavy atom. The van der Waals surface area contributed by atoms with Crippen molar-refractivity contribution in [3.05, 3.63) is 58.1 Å². The lowest BCUT2D eigenvalue weighted by Gasteiger charge is -2.29. The fourth-order valence-corrected chi connectivity index (χ4v) is 3.70. The van der Waals surface area contributed by atoms with E-state index in [1.807, 2.05) is 56.3 Å². The number of carbonyl (C=O) groups is 2. The van der Waals surface area contributed by atoms with Gasteiger partial charge in [-0.1, -0.05) is 39.0 Å². The zero-order chi connectivity index (χ0) is 24.5. The van der Waals surface area contributed by atoms with E-state index in [1.54, 1.807) is 18.9 Å². The van der Waals surface area contributed by atoms with E-state index in [-0.39, 0.29) is 31.0 Å². The summed E-state index contributed by atoms with van der Waals surface area (Å²) in [7, 11) is 1.61. The molecule has 180 valence electrons. The first-order valence-electron chi connectivity index (χ1n) is 11.3. The second-order valence-corrected chi connectivity index (χ2v) is 9.35. The van der Waals surface area contributed by atoms with Gasteiger partial charge in [0, 0.05) is 12.6 Å². The second-order valence-electron chi connectivity index (χ2n) is 8.50. The molecule has 0 bridgehead atoms. The molecule has 1 N–H and O–H groups in total. The monoisotopic (exact) mass is 518 g/mol. The first kappa shape index (κ1) is 26.7. The molecular weight excluding hydrogens is 484 g/mol. The molecule has 0 aromatic heterocycles. The molecule has 0 aliphatic rings. The molecule has 0 radical (unpaired) electrons. The Kier molecular flexibility index (Phi) is 10.2. The number of methoxy groups -OCH3 is 1. The third-order valence-electron chi connectivity index (χ3n) is 5.65. The molecule has 33 heavy (non-hydrogen) atoms. The molecule has 2 rings (SSSR count). The smallest absolute Gasteiger partial charge is 0.261 e. The standard InChI is InChI=1S/C26H35BrN2O4/c1-7-18(4)28-26(31)19(5)29(15-20-8-11-22(32-6)12-9-20)25(30)16-33-24-13-10-21(17(2)3)14-23(24)27/h8-14,17-19H,7,15-16H2,1-6H3,(H,28,31)/t18-,19-/m0/s1. The molecule has 2 aromatic carbocycles. The molecule has 0 heterocycles. The minimum Gasteiger partial charge on any atom is -0.497 e.